The summed E-state index contributed by atoms with van der Waals surface area (Å²) in [6.45, 7) is 3.63. The number of rotatable bonds is 3. The first-order valence-electron chi connectivity index (χ1n) is 6.32. The molecule has 2 rings (SSSR count). The van der Waals surface area contributed by atoms with Gasteiger partial charge in [-0.25, -0.2) is 0 Å². The maximum atomic E-state index is 11.4. The Morgan fingerprint density at radius 3 is 2.67 bits per heavy atom. The lowest BCUT2D eigenvalue weighted by Gasteiger charge is -2.29. The Labute approximate surface area is 108 Å². The molecule has 1 aromatic carbocycles. The van der Waals surface area contributed by atoms with Gasteiger partial charge in [-0.05, 0) is 45.0 Å². The average molecular weight is 248 g/mol. The highest BCUT2D eigenvalue weighted by atomic mass is 16.5. The number of Topliss-reactive ketones (excluding diaryl/α,β-unsaturated/α-hetero) is 1. The third-order valence-corrected chi connectivity index (χ3v) is 3.37. The van der Waals surface area contributed by atoms with Gasteiger partial charge in [0.15, 0.2) is 5.78 Å². The number of carbonyl (C=O) groups is 1. The topological polar surface area (TPSA) is 55.6 Å². The van der Waals surface area contributed by atoms with Crippen LogP contribution in [0.3, 0.4) is 0 Å². The third-order valence-electron chi connectivity index (χ3n) is 3.37. The minimum Gasteiger partial charge on any atom is -0.490 e. The van der Waals surface area contributed by atoms with Gasteiger partial charge in [-0.15, -0.1) is 0 Å². The number of nitrogen functional groups attached to an aromatic ring is 1. The van der Waals surface area contributed by atoms with Crippen molar-refractivity contribution in [2.75, 3.05) is 25.9 Å². The van der Waals surface area contributed by atoms with Crippen molar-refractivity contribution in [3.8, 4) is 5.75 Å². The molecule has 1 heterocycles. The van der Waals surface area contributed by atoms with Gasteiger partial charge in [0.25, 0.3) is 0 Å². The second-order valence-electron chi connectivity index (χ2n) is 4.93. The lowest BCUT2D eigenvalue weighted by molar-refractivity contribution is 0.101. The molecule has 0 amide bonds. The van der Waals surface area contributed by atoms with E-state index in [-0.39, 0.29) is 11.9 Å². The first-order chi connectivity index (χ1) is 8.56. The zero-order valence-corrected chi connectivity index (χ0v) is 11.0. The van der Waals surface area contributed by atoms with Crippen molar-refractivity contribution in [3.05, 3.63) is 23.8 Å². The van der Waals surface area contributed by atoms with E-state index in [1.807, 2.05) is 6.07 Å². The van der Waals surface area contributed by atoms with Crippen LogP contribution < -0.4 is 10.5 Å². The number of hydrogen-bond acceptors (Lipinski definition) is 4. The summed E-state index contributed by atoms with van der Waals surface area (Å²) >= 11 is 0. The zero-order chi connectivity index (χ0) is 13.1. The summed E-state index contributed by atoms with van der Waals surface area (Å²) in [6, 6.07) is 5.32. The van der Waals surface area contributed by atoms with Crippen LogP contribution in [0.1, 0.15) is 30.1 Å². The Kier molecular flexibility index (Phi) is 3.87. The van der Waals surface area contributed by atoms with Crippen molar-refractivity contribution in [1.29, 1.82) is 0 Å². The zero-order valence-electron chi connectivity index (χ0n) is 11.0. The smallest absolute Gasteiger partial charge is 0.162 e. The average Bonchev–Trinajstić information content (AvgIpc) is 2.34. The summed E-state index contributed by atoms with van der Waals surface area (Å²) in [5, 5.41) is 0. The van der Waals surface area contributed by atoms with Gasteiger partial charge in [0.1, 0.15) is 11.9 Å². The first-order valence-corrected chi connectivity index (χ1v) is 6.32. The molecule has 2 N–H and O–H groups in total. The highest BCUT2D eigenvalue weighted by Gasteiger charge is 2.18. The molecular weight excluding hydrogens is 228 g/mol. The van der Waals surface area contributed by atoms with Crippen molar-refractivity contribution in [3.63, 3.8) is 0 Å². The number of nitrogens with zero attached hydrogens (tertiary/aromatic N) is 1. The molecule has 0 unspecified atom stereocenters. The highest BCUT2D eigenvalue weighted by molar-refractivity contribution is 5.99. The largest absolute Gasteiger partial charge is 0.490 e. The maximum absolute atomic E-state index is 11.4. The molecule has 4 nitrogen and oxygen atoms in total. The van der Waals surface area contributed by atoms with Gasteiger partial charge in [-0.1, -0.05) is 0 Å². The van der Waals surface area contributed by atoms with Gasteiger partial charge in [0, 0.05) is 24.3 Å². The number of piperidine rings is 1. The molecular formula is C14H20N2O2. The van der Waals surface area contributed by atoms with E-state index in [1.54, 1.807) is 12.1 Å². The number of anilines is 1. The Morgan fingerprint density at radius 2 is 2.06 bits per heavy atom. The fourth-order valence-electron chi connectivity index (χ4n) is 2.21. The number of nitrogens with two attached hydrogens (primary N) is 1. The molecule has 0 atom stereocenters. The second kappa shape index (κ2) is 5.40. The lowest BCUT2D eigenvalue weighted by atomic mass is 10.1. The van der Waals surface area contributed by atoms with Crippen molar-refractivity contribution >= 4 is 11.5 Å². The summed E-state index contributed by atoms with van der Waals surface area (Å²) in [7, 11) is 2.12. The molecule has 0 spiro atoms. The fraction of sp³-hybridized carbons (Fsp3) is 0.500. The van der Waals surface area contributed by atoms with Gasteiger partial charge < -0.3 is 15.4 Å². The fourth-order valence-corrected chi connectivity index (χ4v) is 2.21. The lowest BCUT2D eigenvalue weighted by Crippen LogP contribution is -2.35. The number of hydrogen-bond donors (Lipinski definition) is 1. The summed E-state index contributed by atoms with van der Waals surface area (Å²) in [4.78, 5) is 13.7. The van der Waals surface area contributed by atoms with E-state index in [0.717, 1.165) is 31.7 Å². The Bertz CT molecular complexity index is 437. The van der Waals surface area contributed by atoms with Crippen molar-refractivity contribution in [2.24, 2.45) is 0 Å². The number of likely N-dealkylation sites (tertiary alicyclic amines) is 1. The van der Waals surface area contributed by atoms with E-state index < -0.39 is 0 Å². The molecule has 1 aliphatic rings. The summed E-state index contributed by atoms with van der Waals surface area (Å²) in [6.07, 6.45) is 2.29. The van der Waals surface area contributed by atoms with Crippen LogP contribution in [0.4, 0.5) is 5.69 Å². The van der Waals surface area contributed by atoms with E-state index in [1.165, 1.54) is 6.92 Å². The minimum atomic E-state index is -0.0265. The van der Waals surface area contributed by atoms with Crippen molar-refractivity contribution in [2.45, 2.75) is 25.9 Å². The minimum absolute atomic E-state index is 0.0265. The molecule has 0 bridgehead atoms. The van der Waals surface area contributed by atoms with E-state index in [0.29, 0.717) is 11.3 Å². The quantitative estimate of drug-likeness (QED) is 0.656. The van der Waals surface area contributed by atoms with Crippen LogP contribution in [-0.4, -0.2) is 36.9 Å². The number of ketones is 1. The van der Waals surface area contributed by atoms with E-state index in [4.69, 9.17) is 10.5 Å². The van der Waals surface area contributed by atoms with Crippen molar-refractivity contribution < 1.29 is 9.53 Å². The molecule has 98 valence electrons. The second-order valence-corrected chi connectivity index (χ2v) is 4.93. The SMILES string of the molecule is CC(=O)c1cc(OC2CCN(C)CC2)ccc1N. The maximum Gasteiger partial charge on any atom is 0.162 e. The predicted octanol–water partition coefficient (Wildman–Crippen LogP) is 1.94. The van der Waals surface area contributed by atoms with Gasteiger partial charge >= 0.3 is 0 Å². The van der Waals surface area contributed by atoms with Crippen LogP contribution in [0.2, 0.25) is 0 Å². The third kappa shape index (κ3) is 3.01. The molecule has 0 aliphatic carbocycles. The van der Waals surface area contributed by atoms with Gasteiger partial charge in [0.05, 0.1) is 0 Å². The van der Waals surface area contributed by atoms with Crippen LogP contribution in [0.25, 0.3) is 0 Å². The van der Waals surface area contributed by atoms with E-state index >= 15 is 0 Å². The first kappa shape index (κ1) is 12.9. The van der Waals surface area contributed by atoms with E-state index in [9.17, 15) is 4.79 Å². The van der Waals surface area contributed by atoms with E-state index in [2.05, 4.69) is 11.9 Å². The molecule has 0 radical (unpaired) electrons. The molecule has 1 fully saturated rings. The molecule has 1 saturated heterocycles. The summed E-state index contributed by atoms with van der Waals surface area (Å²) in [5.74, 6) is 0.713. The monoisotopic (exact) mass is 248 g/mol. The van der Waals surface area contributed by atoms with Gasteiger partial charge in [-0.3, -0.25) is 4.79 Å². The normalized spacial score (nSPS) is 17.7. The molecule has 1 aliphatic heterocycles. The molecule has 1 aromatic rings. The number of benzene rings is 1. The van der Waals surface area contributed by atoms with Crippen LogP contribution in [-0.2, 0) is 0 Å². The molecule has 18 heavy (non-hydrogen) atoms. The van der Waals surface area contributed by atoms with Gasteiger partial charge in [0.2, 0.25) is 0 Å². The Balaban J connectivity index is 2.05. The van der Waals surface area contributed by atoms with Crippen LogP contribution in [0.5, 0.6) is 5.75 Å². The predicted molar refractivity (Wildman–Crippen MR) is 72.0 cm³/mol. The summed E-state index contributed by atoms with van der Waals surface area (Å²) in [5.41, 5.74) is 6.81. The highest BCUT2D eigenvalue weighted by Crippen LogP contribution is 2.23. The molecule has 0 saturated carbocycles. The van der Waals surface area contributed by atoms with Gasteiger partial charge in [-0.2, -0.15) is 0 Å². The Morgan fingerprint density at radius 1 is 1.39 bits per heavy atom. The van der Waals surface area contributed by atoms with Crippen LogP contribution in [0, 0.1) is 0 Å². The van der Waals surface area contributed by atoms with Crippen molar-refractivity contribution in [1.82, 2.24) is 4.90 Å². The summed E-state index contributed by atoms with van der Waals surface area (Å²) < 4.78 is 5.92. The van der Waals surface area contributed by atoms with Crippen LogP contribution in [0.15, 0.2) is 18.2 Å². The van der Waals surface area contributed by atoms with Crippen LogP contribution >= 0.6 is 0 Å². The Hall–Kier alpha value is -1.55. The standard InChI is InChI=1S/C14H20N2O2/c1-10(17)13-9-12(3-4-14(13)15)18-11-5-7-16(2)8-6-11/h3-4,9,11H,5-8,15H2,1-2H3. The molecule has 4 heteroatoms. The number of carbonyl (C=O) groups excluding carboxylic acids is 1. The number of ether oxygens (including phenoxy) is 1. The molecule has 0 aromatic heterocycles.